The Balaban J connectivity index is 1.96. The molecule has 1 aliphatic carbocycles. The van der Waals surface area contributed by atoms with Crippen LogP contribution in [0.25, 0.3) is 0 Å². The van der Waals surface area contributed by atoms with E-state index in [0.29, 0.717) is 6.04 Å². The largest absolute Gasteiger partial charge is 0.309 e. The zero-order valence-corrected chi connectivity index (χ0v) is 13.2. The van der Waals surface area contributed by atoms with E-state index in [1.54, 1.807) is 6.92 Å². The predicted octanol–water partition coefficient (Wildman–Crippen LogP) is 2.42. The average molecular weight is 302 g/mol. The maximum atomic E-state index is 11.6. The van der Waals surface area contributed by atoms with Crippen LogP contribution < -0.4 is 5.32 Å². The molecule has 0 bridgehead atoms. The molecule has 1 aliphatic rings. The smallest absolute Gasteiger partial charge is 0.156 e. The molecule has 108 valence electrons. The number of thiazole rings is 1. The minimum atomic E-state index is -2.98. The number of nitrogens with one attached hydrogen (secondary N) is 1. The highest BCUT2D eigenvalue weighted by molar-refractivity contribution is 7.90. The molecule has 0 atom stereocenters. The molecule has 0 spiro atoms. The minimum Gasteiger partial charge on any atom is -0.309 e. The summed E-state index contributed by atoms with van der Waals surface area (Å²) in [5.41, 5.74) is 0.969. The van der Waals surface area contributed by atoms with Gasteiger partial charge in [-0.05, 0) is 19.8 Å². The molecular weight excluding hydrogens is 280 g/mol. The summed E-state index contributed by atoms with van der Waals surface area (Å²) in [5.74, 6) is 0.264. The van der Waals surface area contributed by atoms with E-state index in [9.17, 15) is 8.42 Å². The van der Waals surface area contributed by atoms with Gasteiger partial charge in [0, 0.05) is 23.2 Å². The molecule has 0 aromatic carbocycles. The first-order valence-electron chi connectivity index (χ1n) is 6.89. The van der Waals surface area contributed by atoms with Crippen molar-refractivity contribution >= 4 is 21.2 Å². The molecule has 1 aromatic rings. The van der Waals surface area contributed by atoms with E-state index in [1.807, 2.05) is 6.92 Å². The highest BCUT2D eigenvalue weighted by atomic mass is 32.2. The van der Waals surface area contributed by atoms with Gasteiger partial charge in [0.1, 0.15) is 10.8 Å². The first-order valence-corrected chi connectivity index (χ1v) is 9.53. The van der Waals surface area contributed by atoms with E-state index >= 15 is 0 Å². The molecule has 1 N–H and O–H groups in total. The summed E-state index contributed by atoms with van der Waals surface area (Å²) in [4.78, 5) is 5.56. The van der Waals surface area contributed by atoms with Crippen LogP contribution in [0.5, 0.6) is 0 Å². The molecule has 1 heterocycles. The van der Waals surface area contributed by atoms with Crippen molar-refractivity contribution in [1.82, 2.24) is 10.3 Å². The first kappa shape index (κ1) is 14.9. The van der Waals surface area contributed by atoms with Crippen molar-refractivity contribution in [3.8, 4) is 0 Å². The number of hydrogen-bond donors (Lipinski definition) is 1. The van der Waals surface area contributed by atoms with Gasteiger partial charge in [0.25, 0.3) is 0 Å². The molecular formula is C13H22N2O2S2. The molecule has 6 heteroatoms. The molecule has 0 saturated heterocycles. The molecule has 0 unspecified atom stereocenters. The predicted molar refractivity (Wildman–Crippen MR) is 79.1 cm³/mol. The average Bonchev–Trinajstić information content (AvgIpc) is 2.96. The van der Waals surface area contributed by atoms with Gasteiger partial charge in [0.15, 0.2) is 9.84 Å². The number of aromatic nitrogens is 1. The van der Waals surface area contributed by atoms with Gasteiger partial charge in [-0.15, -0.1) is 11.3 Å². The van der Waals surface area contributed by atoms with Crippen molar-refractivity contribution in [3.63, 3.8) is 0 Å². The second-order valence-corrected chi connectivity index (χ2v) is 8.68. The van der Waals surface area contributed by atoms with Crippen LogP contribution in [0.3, 0.4) is 0 Å². The number of sulfone groups is 1. The Bertz CT molecular complexity index is 517. The Morgan fingerprint density at radius 3 is 2.68 bits per heavy atom. The van der Waals surface area contributed by atoms with Gasteiger partial charge in [0.2, 0.25) is 0 Å². The van der Waals surface area contributed by atoms with Crippen molar-refractivity contribution in [2.75, 3.05) is 5.75 Å². The van der Waals surface area contributed by atoms with Gasteiger partial charge in [-0.25, -0.2) is 13.4 Å². The Hall–Kier alpha value is -0.460. The van der Waals surface area contributed by atoms with Crippen LogP contribution in [0.1, 0.15) is 48.2 Å². The lowest BCUT2D eigenvalue weighted by molar-refractivity contribution is 0.526. The fraction of sp³-hybridized carbons (Fsp3) is 0.769. The number of rotatable bonds is 6. The summed E-state index contributed by atoms with van der Waals surface area (Å²) < 4.78 is 23.2. The quantitative estimate of drug-likeness (QED) is 0.877. The van der Waals surface area contributed by atoms with Crippen LogP contribution in [0.15, 0.2) is 0 Å². The molecule has 4 nitrogen and oxygen atoms in total. The van der Waals surface area contributed by atoms with Gasteiger partial charge in [-0.3, -0.25) is 0 Å². The van der Waals surface area contributed by atoms with Gasteiger partial charge in [-0.2, -0.15) is 0 Å². The van der Waals surface area contributed by atoms with Crippen molar-refractivity contribution in [3.05, 3.63) is 15.6 Å². The van der Waals surface area contributed by atoms with Crippen LogP contribution in [-0.4, -0.2) is 25.2 Å². The Morgan fingerprint density at radius 2 is 2.05 bits per heavy atom. The summed E-state index contributed by atoms with van der Waals surface area (Å²) in [7, 11) is -2.98. The maximum Gasteiger partial charge on any atom is 0.156 e. The third-order valence-corrected chi connectivity index (χ3v) is 6.56. The molecule has 2 rings (SSSR count). The van der Waals surface area contributed by atoms with Crippen molar-refractivity contribution < 1.29 is 8.42 Å². The van der Waals surface area contributed by atoms with Crippen LogP contribution in [0.4, 0.5) is 0 Å². The fourth-order valence-corrected chi connectivity index (χ4v) is 4.61. The molecule has 0 radical (unpaired) electrons. The Morgan fingerprint density at radius 1 is 1.37 bits per heavy atom. The summed E-state index contributed by atoms with van der Waals surface area (Å²) in [5, 5.41) is 4.27. The van der Waals surface area contributed by atoms with Gasteiger partial charge in [-0.1, -0.05) is 19.8 Å². The van der Waals surface area contributed by atoms with Crippen LogP contribution >= 0.6 is 11.3 Å². The van der Waals surface area contributed by atoms with Crippen LogP contribution in [-0.2, 0) is 22.1 Å². The van der Waals surface area contributed by atoms with Crippen LogP contribution in [0, 0.1) is 6.92 Å². The summed E-state index contributed by atoms with van der Waals surface area (Å²) in [6, 6.07) is 0.629. The highest BCUT2D eigenvalue weighted by Crippen LogP contribution is 2.22. The van der Waals surface area contributed by atoms with E-state index in [1.165, 1.54) is 41.9 Å². The van der Waals surface area contributed by atoms with Gasteiger partial charge >= 0.3 is 0 Å². The molecule has 1 fully saturated rings. The molecule has 1 aromatic heterocycles. The second kappa shape index (κ2) is 6.33. The number of hydrogen-bond acceptors (Lipinski definition) is 5. The Kier molecular flexibility index (Phi) is 4.97. The topological polar surface area (TPSA) is 59.1 Å². The third kappa shape index (κ3) is 4.26. The van der Waals surface area contributed by atoms with E-state index in [2.05, 4.69) is 10.3 Å². The van der Waals surface area contributed by atoms with E-state index in [-0.39, 0.29) is 11.5 Å². The summed E-state index contributed by atoms with van der Waals surface area (Å²) in [6.45, 7) is 4.46. The van der Waals surface area contributed by atoms with Crippen LogP contribution in [0.2, 0.25) is 0 Å². The van der Waals surface area contributed by atoms with Crippen molar-refractivity contribution in [2.45, 2.75) is 57.9 Å². The first-order chi connectivity index (χ1) is 9.00. The minimum absolute atomic E-state index is 0.0818. The second-order valence-electron chi connectivity index (χ2n) is 5.16. The monoisotopic (exact) mass is 302 g/mol. The van der Waals surface area contributed by atoms with E-state index < -0.39 is 9.84 Å². The van der Waals surface area contributed by atoms with E-state index in [4.69, 9.17) is 0 Å². The highest BCUT2D eigenvalue weighted by Gasteiger charge is 2.17. The number of nitrogens with zero attached hydrogens (tertiary/aromatic N) is 1. The normalized spacial score (nSPS) is 17.2. The van der Waals surface area contributed by atoms with Crippen molar-refractivity contribution in [2.24, 2.45) is 0 Å². The fourth-order valence-electron chi connectivity index (χ4n) is 2.37. The van der Waals surface area contributed by atoms with Gasteiger partial charge in [0.05, 0.1) is 5.69 Å². The lowest BCUT2D eigenvalue weighted by Gasteiger charge is -2.10. The zero-order valence-electron chi connectivity index (χ0n) is 11.6. The maximum absolute atomic E-state index is 11.6. The summed E-state index contributed by atoms with van der Waals surface area (Å²) in [6.07, 6.45) is 5.16. The zero-order chi connectivity index (χ0) is 13.9. The summed E-state index contributed by atoms with van der Waals surface area (Å²) >= 11 is 1.53. The lowest BCUT2D eigenvalue weighted by atomic mass is 10.2. The molecule has 19 heavy (non-hydrogen) atoms. The SMILES string of the molecule is CCS(=O)(=O)Cc1nc(C)c(CNC2CCCC2)s1. The van der Waals surface area contributed by atoms with Crippen molar-refractivity contribution in [1.29, 1.82) is 0 Å². The van der Waals surface area contributed by atoms with Gasteiger partial charge < -0.3 is 5.32 Å². The lowest BCUT2D eigenvalue weighted by Crippen LogP contribution is -2.25. The molecule has 1 saturated carbocycles. The van der Waals surface area contributed by atoms with E-state index in [0.717, 1.165) is 17.2 Å². The molecule has 0 aliphatic heterocycles. The number of aryl methyl sites for hydroxylation is 1. The standard InChI is InChI=1S/C13H22N2O2S2/c1-3-19(16,17)9-13-15-10(2)12(18-13)8-14-11-6-4-5-7-11/h11,14H,3-9H2,1-2H3. The Labute approximate surface area is 119 Å². The third-order valence-electron chi connectivity index (χ3n) is 3.63. The molecule has 0 amide bonds.